The molecule has 4 rings (SSSR count). The van der Waals surface area contributed by atoms with E-state index >= 15 is 0 Å². The van der Waals surface area contributed by atoms with Crippen molar-refractivity contribution in [2.24, 2.45) is 0 Å². The number of unbranched alkanes of at least 4 members (excludes halogenated alkanes) is 9. The molecule has 0 amide bonds. The molecule has 2 aromatic carbocycles. The maximum Gasteiger partial charge on any atom is 0.261 e. The second kappa shape index (κ2) is 15.8. The van der Waals surface area contributed by atoms with Gasteiger partial charge in [-0.1, -0.05) is 159 Å². The van der Waals surface area contributed by atoms with Crippen LogP contribution in [0.5, 0.6) is 0 Å². The second-order valence-corrected chi connectivity index (χ2v) is 18.0. The molecule has 0 unspecified atom stereocenters. The zero-order valence-corrected chi connectivity index (χ0v) is 27.7. The van der Waals surface area contributed by atoms with Crippen molar-refractivity contribution < 1.29 is 13.9 Å². The van der Waals surface area contributed by atoms with Gasteiger partial charge in [0.05, 0.1) is 12.7 Å². The Morgan fingerprint density at radius 1 is 0.756 bits per heavy atom. The number of rotatable bonds is 16. The third-order valence-corrected chi connectivity index (χ3v) is 14.6. The van der Waals surface area contributed by atoms with Crippen molar-refractivity contribution in [3.8, 4) is 0 Å². The molecule has 1 heterocycles. The topological polar surface area (TPSA) is 27.7 Å². The number of ether oxygens (including phenoxy) is 2. The van der Waals surface area contributed by atoms with Crippen molar-refractivity contribution in [1.82, 2.24) is 0 Å². The number of hydrogen-bond donors (Lipinski definition) is 0. The monoisotopic (exact) mass is 578 g/mol. The van der Waals surface area contributed by atoms with E-state index in [-0.39, 0.29) is 23.0 Å². The summed E-state index contributed by atoms with van der Waals surface area (Å²) < 4.78 is 21.1. The van der Waals surface area contributed by atoms with Gasteiger partial charge in [0.25, 0.3) is 8.32 Å². The van der Waals surface area contributed by atoms with Crippen molar-refractivity contribution >= 4 is 18.7 Å². The lowest BCUT2D eigenvalue weighted by Gasteiger charge is -2.46. The van der Waals surface area contributed by atoms with E-state index < -0.39 is 8.32 Å². The molecule has 1 saturated carbocycles. The first-order valence-corrected chi connectivity index (χ1v) is 18.9. The lowest BCUT2D eigenvalue weighted by molar-refractivity contribution is -0.194. The molecular formula is C37H58O3Si. The van der Waals surface area contributed by atoms with Crippen molar-refractivity contribution in [2.75, 3.05) is 6.61 Å². The van der Waals surface area contributed by atoms with E-state index in [9.17, 15) is 0 Å². The minimum absolute atomic E-state index is 0.00619. The molecule has 1 aliphatic heterocycles. The van der Waals surface area contributed by atoms with Gasteiger partial charge in [-0.15, -0.1) is 0 Å². The van der Waals surface area contributed by atoms with E-state index in [0.29, 0.717) is 6.61 Å². The van der Waals surface area contributed by atoms with E-state index in [1.54, 1.807) is 0 Å². The van der Waals surface area contributed by atoms with Crippen molar-refractivity contribution in [2.45, 2.75) is 153 Å². The largest absolute Gasteiger partial charge is 0.402 e. The zero-order chi connectivity index (χ0) is 29.0. The molecule has 1 aliphatic carbocycles. The van der Waals surface area contributed by atoms with E-state index in [1.165, 1.54) is 93.8 Å². The van der Waals surface area contributed by atoms with Gasteiger partial charge in [-0.2, -0.15) is 0 Å². The van der Waals surface area contributed by atoms with Gasteiger partial charge >= 0.3 is 0 Å². The Morgan fingerprint density at radius 3 is 1.78 bits per heavy atom. The molecule has 2 aliphatic rings. The standard InChI is InChI=1S/C37H58O3Si/c1-5-6-7-8-9-10-11-12-13-21-28-34(35-31-38-37(39-35)29-22-16-23-30-37)40-41(36(2,3)4,32-24-17-14-18-25-32)33-26-19-15-20-27-33/h14-15,17-20,24-27,34-35H,5-13,16,21-23,28-31H2,1-4H3/t34-,35-/m1/s1. The molecule has 1 spiro atoms. The van der Waals surface area contributed by atoms with Gasteiger partial charge in [0.2, 0.25) is 0 Å². The average Bonchev–Trinajstić information content (AvgIpc) is 3.39. The first kappa shape index (κ1) is 32.5. The van der Waals surface area contributed by atoms with E-state index in [4.69, 9.17) is 13.9 Å². The summed E-state index contributed by atoms with van der Waals surface area (Å²) in [5, 5.41) is 2.64. The van der Waals surface area contributed by atoms with Crippen LogP contribution in [0.15, 0.2) is 60.7 Å². The molecule has 41 heavy (non-hydrogen) atoms. The van der Waals surface area contributed by atoms with Gasteiger partial charge in [-0.05, 0) is 34.7 Å². The Balaban J connectivity index is 1.52. The van der Waals surface area contributed by atoms with Gasteiger partial charge in [-0.3, -0.25) is 0 Å². The zero-order valence-electron chi connectivity index (χ0n) is 26.7. The highest BCUT2D eigenvalue weighted by molar-refractivity contribution is 6.99. The summed E-state index contributed by atoms with van der Waals surface area (Å²) in [6, 6.07) is 22.2. The summed E-state index contributed by atoms with van der Waals surface area (Å²) in [5.74, 6) is -0.381. The fourth-order valence-electron chi connectivity index (χ4n) is 7.19. The van der Waals surface area contributed by atoms with Crippen molar-refractivity contribution in [3.63, 3.8) is 0 Å². The van der Waals surface area contributed by atoms with Gasteiger partial charge < -0.3 is 13.9 Å². The predicted molar refractivity (Wildman–Crippen MR) is 176 cm³/mol. The third-order valence-electron chi connectivity index (χ3n) is 9.49. The Bertz CT molecular complexity index is 941. The second-order valence-electron chi connectivity index (χ2n) is 13.7. The highest BCUT2D eigenvalue weighted by Crippen LogP contribution is 2.42. The fourth-order valence-corrected chi connectivity index (χ4v) is 11.9. The first-order valence-electron chi connectivity index (χ1n) is 17.0. The minimum atomic E-state index is -2.67. The van der Waals surface area contributed by atoms with E-state index in [2.05, 4.69) is 88.4 Å². The normalized spacial score (nSPS) is 20.0. The van der Waals surface area contributed by atoms with Crippen LogP contribution in [0.3, 0.4) is 0 Å². The molecular weight excluding hydrogens is 520 g/mol. The molecule has 2 fully saturated rings. The average molecular weight is 579 g/mol. The molecule has 0 N–H and O–H groups in total. The first-order chi connectivity index (χ1) is 19.9. The summed E-state index contributed by atoms with van der Waals surface area (Å²) in [6.45, 7) is 10.1. The lowest BCUT2D eigenvalue weighted by atomic mass is 9.94. The predicted octanol–water partition coefficient (Wildman–Crippen LogP) is 9.32. The quantitative estimate of drug-likeness (QED) is 0.147. The van der Waals surface area contributed by atoms with Gasteiger partial charge in [0.1, 0.15) is 6.10 Å². The van der Waals surface area contributed by atoms with Crippen LogP contribution in [0.1, 0.15) is 130 Å². The molecule has 2 aromatic rings. The van der Waals surface area contributed by atoms with Crippen LogP contribution < -0.4 is 10.4 Å². The highest BCUT2D eigenvalue weighted by atomic mass is 28.4. The number of hydrogen-bond acceptors (Lipinski definition) is 3. The van der Waals surface area contributed by atoms with Crippen LogP contribution in [0, 0.1) is 0 Å². The smallest absolute Gasteiger partial charge is 0.261 e. The molecule has 3 nitrogen and oxygen atoms in total. The molecule has 0 bridgehead atoms. The summed E-state index contributed by atoms with van der Waals surface area (Å²) in [6.07, 6.45) is 20.2. The van der Waals surface area contributed by atoms with Crippen LogP contribution in [0.25, 0.3) is 0 Å². The molecule has 1 saturated heterocycles. The lowest BCUT2D eigenvalue weighted by Crippen LogP contribution is -2.68. The van der Waals surface area contributed by atoms with Crippen LogP contribution in [0.2, 0.25) is 5.04 Å². The molecule has 2 atom stereocenters. The van der Waals surface area contributed by atoms with Crippen molar-refractivity contribution in [3.05, 3.63) is 60.7 Å². The van der Waals surface area contributed by atoms with Gasteiger partial charge in [0, 0.05) is 12.8 Å². The van der Waals surface area contributed by atoms with Gasteiger partial charge in [-0.25, -0.2) is 0 Å². The molecule has 0 aromatic heterocycles. The Kier molecular flexibility index (Phi) is 12.5. The number of benzene rings is 2. The van der Waals surface area contributed by atoms with Crippen molar-refractivity contribution in [1.29, 1.82) is 0 Å². The minimum Gasteiger partial charge on any atom is -0.402 e. The molecule has 4 heteroatoms. The highest BCUT2D eigenvalue weighted by Gasteiger charge is 2.54. The maximum absolute atomic E-state index is 7.71. The Labute approximate surface area is 252 Å². The SMILES string of the molecule is CCCCCCCCCCCC[C@@H](O[Si](c1ccccc1)(c1ccccc1)C(C)(C)C)[C@H]1COC2(CCCCC2)O1. The van der Waals surface area contributed by atoms with Crippen LogP contribution in [-0.4, -0.2) is 32.9 Å². The summed E-state index contributed by atoms with van der Waals surface area (Å²) in [4.78, 5) is 0. The fraction of sp³-hybridized carbons (Fsp3) is 0.676. The molecule has 0 radical (unpaired) electrons. The summed E-state index contributed by atoms with van der Waals surface area (Å²) in [7, 11) is -2.67. The van der Waals surface area contributed by atoms with E-state index in [0.717, 1.165) is 19.3 Å². The summed E-state index contributed by atoms with van der Waals surface area (Å²) in [5.41, 5.74) is 0. The van der Waals surface area contributed by atoms with E-state index in [1.807, 2.05) is 0 Å². The third kappa shape index (κ3) is 8.56. The van der Waals surface area contributed by atoms with Crippen LogP contribution in [-0.2, 0) is 13.9 Å². The van der Waals surface area contributed by atoms with Gasteiger partial charge in [0.15, 0.2) is 5.79 Å². The van der Waals surface area contributed by atoms with Crippen LogP contribution >= 0.6 is 0 Å². The molecule has 228 valence electrons. The Morgan fingerprint density at radius 2 is 1.27 bits per heavy atom. The summed E-state index contributed by atoms with van der Waals surface area (Å²) >= 11 is 0. The Hall–Kier alpha value is -1.46. The maximum atomic E-state index is 7.71. The van der Waals surface area contributed by atoms with Crippen LogP contribution in [0.4, 0.5) is 0 Å².